The topological polar surface area (TPSA) is 69.4 Å². The third kappa shape index (κ3) is 3.13. The Hall–Kier alpha value is -1.84. The van der Waals surface area contributed by atoms with Crippen LogP contribution in [0.1, 0.15) is 32.6 Å². The number of carbonyl (C=O) groups excluding carboxylic acids is 2. The highest BCUT2D eigenvalue weighted by Crippen LogP contribution is 2.35. The number of carbonyl (C=O) groups is 2. The zero-order valence-corrected chi connectivity index (χ0v) is 11.1. The molecule has 102 valence electrons. The Labute approximate surface area is 113 Å². The normalized spacial score (nSPS) is 24.3. The summed E-state index contributed by atoms with van der Waals surface area (Å²) in [4.78, 5) is 22.8. The predicted octanol–water partition coefficient (Wildman–Crippen LogP) is 2.22. The summed E-state index contributed by atoms with van der Waals surface area (Å²) >= 11 is 0. The molecule has 0 aromatic rings. The SMILES string of the molecule is C=C1CCC(C2=C/C(=C/C(C)C(N)=O)OC2=O)CC1. The van der Waals surface area contributed by atoms with Gasteiger partial charge in [-0.3, -0.25) is 4.79 Å². The molecule has 0 aromatic heterocycles. The van der Waals surface area contributed by atoms with Crippen LogP contribution in [-0.2, 0) is 14.3 Å². The highest BCUT2D eigenvalue weighted by molar-refractivity contribution is 5.93. The number of primary amides is 1. The van der Waals surface area contributed by atoms with Crippen LogP contribution in [-0.4, -0.2) is 11.9 Å². The first kappa shape index (κ1) is 13.6. The largest absolute Gasteiger partial charge is 0.423 e. The molecule has 0 bridgehead atoms. The van der Waals surface area contributed by atoms with Gasteiger partial charge in [0.1, 0.15) is 5.76 Å². The fourth-order valence-electron chi connectivity index (χ4n) is 2.44. The fraction of sp³-hybridized carbons (Fsp3) is 0.467. The molecule has 1 aliphatic carbocycles. The summed E-state index contributed by atoms with van der Waals surface area (Å²) in [5, 5.41) is 0. The number of allylic oxidation sites excluding steroid dienone is 2. The molecule has 1 unspecified atom stereocenters. The van der Waals surface area contributed by atoms with Crippen molar-refractivity contribution in [3.8, 4) is 0 Å². The van der Waals surface area contributed by atoms with Gasteiger partial charge in [-0.2, -0.15) is 0 Å². The first-order valence-corrected chi connectivity index (χ1v) is 6.59. The van der Waals surface area contributed by atoms with Gasteiger partial charge in [0, 0.05) is 5.57 Å². The molecule has 2 aliphatic rings. The molecule has 4 heteroatoms. The monoisotopic (exact) mass is 261 g/mol. The number of hydrogen-bond donors (Lipinski definition) is 1. The van der Waals surface area contributed by atoms with Gasteiger partial charge in [-0.05, 0) is 50.7 Å². The lowest BCUT2D eigenvalue weighted by Gasteiger charge is -2.22. The fourth-order valence-corrected chi connectivity index (χ4v) is 2.44. The molecular formula is C15H19NO3. The van der Waals surface area contributed by atoms with E-state index in [-0.39, 0.29) is 11.9 Å². The van der Waals surface area contributed by atoms with E-state index < -0.39 is 11.8 Å². The molecule has 4 nitrogen and oxygen atoms in total. The maximum Gasteiger partial charge on any atom is 0.339 e. The van der Waals surface area contributed by atoms with E-state index in [9.17, 15) is 9.59 Å². The second-order valence-electron chi connectivity index (χ2n) is 5.27. The quantitative estimate of drug-likeness (QED) is 0.625. The summed E-state index contributed by atoms with van der Waals surface area (Å²) < 4.78 is 5.17. The van der Waals surface area contributed by atoms with Gasteiger partial charge in [-0.1, -0.05) is 12.2 Å². The molecule has 2 rings (SSSR count). The molecule has 1 atom stereocenters. The van der Waals surface area contributed by atoms with Crippen molar-refractivity contribution in [2.75, 3.05) is 0 Å². The van der Waals surface area contributed by atoms with Crippen molar-refractivity contribution in [1.29, 1.82) is 0 Å². The van der Waals surface area contributed by atoms with E-state index in [1.807, 2.05) is 0 Å². The smallest absolute Gasteiger partial charge is 0.339 e. The summed E-state index contributed by atoms with van der Waals surface area (Å²) in [5.41, 5.74) is 7.16. The molecule has 0 radical (unpaired) electrons. The second-order valence-corrected chi connectivity index (χ2v) is 5.27. The molecule has 1 heterocycles. The molecular weight excluding hydrogens is 242 g/mol. The van der Waals surface area contributed by atoms with Crippen LogP contribution in [0.2, 0.25) is 0 Å². The lowest BCUT2D eigenvalue weighted by atomic mass is 9.82. The van der Waals surface area contributed by atoms with Crippen LogP contribution in [0.5, 0.6) is 0 Å². The molecule has 2 N–H and O–H groups in total. The number of ether oxygens (including phenoxy) is 1. The third-order valence-electron chi connectivity index (χ3n) is 3.74. The van der Waals surface area contributed by atoms with Gasteiger partial charge in [0.25, 0.3) is 0 Å². The minimum Gasteiger partial charge on any atom is -0.423 e. The number of nitrogens with two attached hydrogens (primary N) is 1. The maximum atomic E-state index is 11.8. The van der Waals surface area contributed by atoms with E-state index in [2.05, 4.69) is 6.58 Å². The Morgan fingerprint density at radius 3 is 2.74 bits per heavy atom. The van der Waals surface area contributed by atoms with Crippen LogP contribution in [0.25, 0.3) is 0 Å². The van der Waals surface area contributed by atoms with Gasteiger partial charge in [0.05, 0.1) is 5.92 Å². The Bertz CT molecular complexity index is 478. The third-order valence-corrected chi connectivity index (χ3v) is 3.74. The van der Waals surface area contributed by atoms with Crippen molar-refractivity contribution in [3.63, 3.8) is 0 Å². The van der Waals surface area contributed by atoms with E-state index >= 15 is 0 Å². The molecule has 19 heavy (non-hydrogen) atoms. The Morgan fingerprint density at radius 2 is 2.16 bits per heavy atom. The molecule has 1 fully saturated rings. The van der Waals surface area contributed by atoms with Crippen molar-refractivity contribution in [3.05, 3.63) is 35.6 Å². The first-order chi connectivity index (χ1) is 8.97. The van der Waals surface area contributed by atoms with Crippen molar-refractivity contribution in [2.45, 2.75) is 32.6 Å². The summed E-state index contributed by atoms with van der Waals surface area (Å²) in [6, 6.07) is 0. The highest BCUT2D eigenvalue weighted by atomic mass is 16.5. The van der Waals surface area contributed by atoms with Crippen molar-refractivity contribution < 1.29 is 14.3 Å². The molecule has 1 saturated carbocycles. The van der Waals surface area contributed by atoms with E-state index in [1.165, 1.54) is 5.57 Å². The van der Waals surface area contributed by atoms with Crippen LogP contribution >= 0.6 is 0 Å². The highest BCUT2D eigenvalue weighted by Gasteiger charge is 2.30. The molecule has 0 spiro atoms. The predicted molar refractivity (Wildman–Crippen MR) is 71.7 cm³/mol. The van der Waals surface area contributed by atoms with Crippen molar-refractivity contribution in [2.24, 2.45) is 17.6 Å². The minimum atomic E-state index is -0.440. The van der Waals surface area contributed by atoms with Crippen molar-refractivity contribution >= 4 is 11.9 Å². The lowest BCUT2D eigenvalue weighted by molar-refractivity contribution is -0.134. The summed E-state index contributed by atoms with van der Waals surface area (Å²) in [6.07, 6.45) is 7.16. The number of cyclic esters (lactones) is 1. The lowest BCUT2D eigenvalue weighted by Crippen LogP contribution is -2.19. The minimum absolute atomic E-state index is 0.243. The molecule has 0 aromatic carbocycles. The number of esters is 1. The van der Waals surface area contributed by atoms with Gasteiger partial charge in [0.2, 0.25) is 5.91 Å². The molecule has 0 saturated heterocycles. The average Bonchev–Trinajstić information content (AvgIpc) is 2.71. The zero-order chi connectivity index (χ0) is 14.0. The average molecular weight is 261 g/mol. The van der Waals surface area contributed by atoms with E-state index in [1.54, 1.807) is 19.1 Å². The van der Waals surface area contributed by atoms with Gasteiger partial charge in [0.15, 0.2) is 0 Å². The van der Waals surface area contributed by atoms with Gasteiger partial charge >= 0.3 is 5.97 Å². The summed E-state index contributed by atoms with van der Waals surface area (Å²) in [6.45, 7) is 5.65. The van der Waals surface area contributed by atoms with Gasteiger partial charge in [-0.15, -0.1) is 0 Å². The van der Waals surface area contributed by atoms with E-state index in [0.717, 1.165) is 31.3 Å². The summed E-state index contributed by atoms with van der Waals surface area (Å²) in [5.74, 6) is -0.479. The second kappa shape index (κ2) is 5.43. The van der Waals surface area contributed by atoms with Crippen LogP contribution in [0, 0.1) is 11.8 Å². The number of hydrogen-bond acceptors (Lipinski definition) is 3. The Balaban J connectivity index is 2.11. The Kier molecular flexibility index (Phi) is 3.88. The first-order valence-electron chi connectivity index (χ1n) is 6.59. The van der Waals surface area contributed by atoms with Crippen molar-refractivity contribution in [1.82, 2.24) is 0 Å². The zero-order valence-electron chi connectivity index (χ0n) is 11.1. The molecule has 1 aliphatic heterocycles. The van der Waals surface area contributed by atoms with Gasteiger partial charge < -0.3 is 10.5 Å². The Morgan fingerprint density at radius 1 is 1.53 bits per heavy atom. The van der Waals surface area contributed by atoms with Crippen LogP contribution in [0.15, 0.2) is 35.6 Å². The van der Waals surface area contributed by atoms with Crippen LogP contribution < -0.4 is 5.73 Å². The van der Waals surface area contributed by atoms with E-state index in [4.69, 9.17) is 10.5 Å². The standard InChI is InChI=1S/C15H19NO3/c1-9-3-5-11(6-4-9)13-8-12(19-15(13)18)7-10(2)14(16)17/h7-8,10-11H,1,3-6H2,2H3,(H2,16,17)/b12-7-. The van der Waals surface area contributed by atoms with Gasteiger partial charge in [-0.25, -0.2) is 4.79 Å². The van der Waals surface area contributed by atoms with E-state index in [0.29, 0.717) is 5.76 Å². The van der Waals surface area contributed by atoms with Crippen LogP contribution in [0.3, 0.4) is 0 Å². The number of rotatable bonds is 3. The summed E-state index contributed by atoms with van der Waals surface area (Å²) in [7, 11) is 0. The maximum absolute atomic E-state index is 11.8. The number of amides is 1. The van der Waals surface area contributed by atoms with Crippen LogP contribution in [0.4, 0.5) is 0 Å². The molecule has 1 amide bonds.